The SMILES string of the molecule is O=C(Cn1c2c(c(=O)n3nc(-c4cccnc4)nc13)C1(CCN(C(=O)c3ncccc3O)CC1)OC2)Nc1ccc(C(F)(F)F)cc1Cl. The van der Waals surface area contributed by atoms with Crippen LogP contribution in [0.15, 0.2) is 65.8 Å². The molecule has 4 aromatic heterocycles. The van der Waals surface area contributed by atoms with Crippen molar-refractivity contribution < 1.29 is 32.6 Å². The quantitative estimate of drug-likeness (QED) is 0.280. The number of hydrogen-bond acceptors (Lipinski definition) is 9. The minimum atomic E-state index is -4.62. The van der Waals surface area contributed by atoms with E-state index < -0.39 is 41.3 Å². The minimum Gasteiger partial charge on any atom is -0.505 e. The topological polar surface area (TPSA) is 157 Å². The number of piperidine rings is 1. The van der Waals surface area contributed by atoms with E-state index in [9.17, 15) is 32.7 Å². The number of pyridine rings is 2. The van der Waals surface area contributed by atoms with Gasteiger partial charge in [-0.15, -0.1) is 5.10 Å². The lowest BCUT2D eigenvalue weighted by atomic mass is 9.85. The van der Waals surface area contributed by atoms with Crippen LogP contribution >= 0.6 is 11.6 Å². The highest BCUT2D eigenvalue weighted by molar-refractivity contribution is 6.33. The molecule has 0 unspecified atom stereocenters. The normalized spacial score (nSPS) is 15.5. The molecule has 5 aromatic rings. The first-order valence-corrected chi connectivity index (χ1v) is 15.0. The number of anilines is 1. The van der Waals surface area contributed by atoms with Crippen molar-refractivity contribution in [3.05, 3.63) is 98.9 Å². The number of likely N-dealkylation sites (tertiary alicyclic amines) is 1. The van der Waals surface area contributed by atoms with Crippen molar-refractivity contribution in [2.75, 3.05) is 18.4 Å². The van der Waals surface area contributed by atoms with Gasteiger partial charge in [0, 0.05) is 37.2 Å². The number of nitrogens with zero attached hydrogens (tertiary/aromatic N) is 7. The first-order chi connectivity index (χ1) is 22.9. The Morgan fingerprint density at radius 2 is 1.88 bits per heavy atom. The molecule has 0 aliphatic carbocycles. The van der Waals surface area contributed by atoms with E-state index >= 15 is 0 Å². The summed E-state index contributed by atoms with van der Waals surface area (Å²) >= 11 is 6.08. The summed E-state index contributed by atoms with van der Waals surface area (Å²) in [6, 6.07) is 8.85. The second kappa shape index (κ2) is 11.7. The van der Waals surface area contributed by atoms with Gasteiger partial charge < -0.3 is 24.6 Å². The van der Waals surface area contributed by atoms with Crippen LogP contribution in [-0.2, 0) is 34.5 Å². The summed E-state index contributed by atoms with van der Waals surface area (Å²) in [6.45, 7) is -0.134. The zero-order valence-corrected chi connectivity index (χ0v) is 25.5. The molecule has 0 bridgehead atoms. The molecule has 6 heterocycles. The molecule has 1 fully saturated rings. The molecule has 2 N–H and O–H groups in total. The van der Waals surface area contributed by atoms with Gasteiger partial charge in [-0.05, 0) is 55.3 Å². The summed E-state index contributed by atoms with van der Waals surface area (Å²) in [6.07, 6.45) is 0.315. The van der Waals surface area contributed by atoms with Crippen LogP contribution in [0.2, 0.25) is 5.02 Å². The molecule has 1 aromatic carbocycles. The molecule has 0 saturated carbocycles. The molecule has 2 aliphatic heterocycles. The number of aromatic hydroxyl groups is 1. The lowest BCUT2D eigenvalue weighted by molar-refractivity contribution is -0.137. The maximum Gasteiger partial charge on any atom is 0.416 e. The van der Waals surface area contributed by atoms with Crippen LogP contribution in [0.3, 0.4) is 0 Å². The second-order valence-electron chi connectivity index (χ2n) is 11.3. The zero-order valence-electron chi connectivity index (χ0n) is 24.7. The largest absolute Gasteiger partial charge is 0.505 e. The Bertz CT molecular complexity index is 2150. The number of carbonyl (C=O) groups is 2. The van der Waals surface area contributed by atoms with Crippen LogP contribution in [0.5, 0.6) is 5.75 Å². The molecular weight excluding hydrogens is 657 g/mol. The molecule has 13 nitrogen and oxygen atoms in total. The highest BCUT2D eigenvalue weighted by Gasteiger charge is 2.48. The first-order valence-electron chi connectivity index (χ1n) is 14.6. The van der Waals surface area contributed by atoms with E-state index in [0.29, 0.717) is 11.3 Å². The van der Waals surface area contributed by atoms with Crippen LogP contribution in [0.1, 0.15) is 40.2 Å². The van der Waals surface area contributed by atoms with E-state index in [1.54, 1.807) is 18.3 Å². The Kier molecular flexibility index (Phi) is 7.63. The lowest BCUT2D eigenvalue weighted by Gasteiger charge is -2.38. The maximum absolute atomic E-state index is 14.1. The van der Waals surface area contributed by atoms with Crippen molar-refractivity contribution in [2.45, 2.75) is 37.8 Å². The van der Waals surface area contributed by atoms with Crippen LogP contribution in [-0.4, -0.2) is 64.0 Å². The Balaban J connectivity index is 1.25. The number of fused-ring (bicyclic) bond motifs is 3. The maximum atomic E-state index is 14.1. The second-order valence-corrected chi connectivity index (χ2v) is 11.7. The summed E-state index contributed by atoms with van der Waals surface area (Å²) in [4.78, 5) is 54.8. The van der Waals surface area contributed by atoms with Gasteiger partial charge in [-0.2, -0.15) is 22.7 Å². The van der Waals surface area contributed by atoms with Gasteiger partial charge in [0.05, 0.1) is 34.1 Å². The summed E-state index contributed by atoms with van der Waals surface area (Å²) in [7, 11) is 0. The van der Waals surface area contributed by atoms with Crippen LogP contribution in [0, 0.1) is 0 Å². The molecule has 17 heteroatoms. The monoisotopic (exact) mass is 680 g/mol. The molecule has 1 spiro atoms. The fourth-order valence-corrected chi connectivity index (χ4v) is 6.30. The predicted octanol–water partition coefficient (Wildman–Crippen LogP) is 4.03. The first kappa shape index (κ1) is 31.3. The van der Waals surface area contributed by atoms with Crippen LogP contribution in [0.25, 0.3) is 17.2 Å². The Morgan fingerprint density at radius 3 is 2.56 bits per heavy atom. The highest BCUT2D eigenvalue weighted by Crippen LogP contribution is 2.43. The lowest BCUT2D eigenvalue weighted by Crippen LogP contribution is -2.47. The number of rotatable bonds is 5. The third-order valence-corrected chi connectivity index (χ3v) is 8.74. The van der Waals surface area contributed by atoms with E-state index in [1.165, 1.54) is 34.0 Å². The molecule has 0 radical (unpaired) electrons. The minimum absolute atomic E-state index is 0.0326. The molecule has 2 aliphatic rings. The number of halogens is 4. The van der Waals surface area contributed by atoms with Gasteiger partial charge in [0.25, 0.3) is 11.5 Å². The standard InChI is InChI=1S/C31H24ClF3N8O5/c32-19-13-18(31(33,34)35)5-6-20(19)38-23(45)15-42-21-16-48-30(7-11-41(12-8-30)28(47)25-22(44)4-2-10-37-25)24(21)27(46)43-29(42)39-26(40-43)17-3-1-9-36-14-17/h1-6,9-10,13-14,44H,7-8,11-12,15-16H2,(H,38,45). The number of alkyl halides is 3. The number of benzene rings is 1. The molecule has 246 valence electrons. The van der Waals surface area contributed by atoms with Crippen molar-refractivity contribution in [3.63, 3.8) is 0 Å². The smallest absolute Gasteiger partial charge is 0.416 e. The fraction of sp³-hybridized carbons (Fsp3) is 0.258. The van der Waals surface area contributed by atoms with Gasteiger partial charge in [-0.1, -0.05) is 11.6 Å². The van der Waals surface area contributed by atoms with Gasteiger partial charge in [0.15, 0.2) is 11.5 Å². The fourth-order valence-electron chi connectivity index (χ4n) is 6.07. The molecule has 0 atom stereocenters. The predicted molar refractivity (Wildman–Crippen MR) is 163 cm³/mol. The van der Waals surface area contributed by atoms with E-state index in [2.05, 4.69) is 25.4 Å². The Labute approximate surface area is 273 Å². The molecule has 2 amide bonds. The Morgan fingerprint density at radius 1 is 1.10 bits per heavy atom. The molecule has 48 heavy (non-hydrogen) atoms. The van der Waals surface area contributed by atoms with Crippen molar-refractivity contribution in [3.8, 4) is 17.1 Å². The zero-order chi connectivity index (χ0) is 33.8. The van der Waals surface area contributed by atoms with Crippen molar-refractivity contribution in [1.82, 2.24) is 34.0 Å². The van der Waals surface area contributed by atoms with E-state index in [0.717, 1.165) is 22.7 Å². The van der Waals surface area contributed by atoms with Crippen molar-refractivity contribution >= 4 is 34.9 Å². The van der Waals surface area contributed by atoms with Crippen LogP contribution in [0.4, 0.5) is 18.9 Å². The number of ether oxygens (including phenoxy) is 1. The van der Waals surface area contributed by atoms with Gasteiger partial charge in [-0.3, -0.25) is 19.4 Å². The highest BCUT2D eigenvalue weighted by atomic mass is 35.5. The number of aromatic nitrogens is 6. The van der Waals surface area contributed by atoms with Gasteiger partial charge in [-0.25, -0.2) is 4.98 Å². The average Bonchev–Trinajstić information content (AvgIpc) is 3.68. The van der Waals surface area contributed by atoms with Crippen molar-refractivity contribution in [1.29, 1.82) is 0 Å². The average molecular weight is 681 g/mol. The summed E-state index contributed by atoms with van der Waals surface area (Å²) < 4.78 is 48.3. The molecular formula is C31H24ClF3N8O5. The van der Waals surface area contributed by atoms with Gasteiger partial charge >= 0.3 is 6.18 Å². The Hall–Kier alpha value is -5.35. The van der Waals surface area contributed by atoms with Crippen LogP contribution < -0.4 is 10.9 Å². The van der Waals surface area contributed by atoms with Crippen molar-refractivity contribution in [2.24, 2.45) is 0 Å². The third kappa shape index (κ3) is 5.41. The van der Waals surface area contributed by atoms with E-state index in [1.807, 2.05) is 0 Å². The summed E-state index contributed by atoms with van der Waals surface area (Å²) in [5.41, 5.74) is -1.59. The van der Waals surface area contributed by atoms with E-state index in [-0.39, 0.29) is 71.9 Å². The van der Waals surface area contributed by atoms with Gasteiger partial charge in [0.1, 0.15) is 17.9 Å². The van der Waals surface area contributed by atoms with Gasteiger partial charge in [0.2, 0.25) is 11.7 Å². The summed E-state index contributed by atoms with van der Waals surface area (Å²) in [5, 5.41) is 16.8. The molecule has 1 saturated heterocycles. The summed E-state index contributed by atoms with van der Waals surface area (Å²) in [5.74, 6) is -1.17. The number of nitrogens with one attached hydrogen (secondary N) is 1. The third-order valence-electron chi connectivity index (χ3n) is 8.43. The number of hydrogen-bond donors (Lipinski definition) is 2. The number of amides is 2. The number of carbonyl (C=O) groups excluding carboxylic acids is 2. The molecule has 7 rings (SSSR count). The van der Waals surface area contributed by atoms with E-state index in [4.69, 9.17) is 16.3 Å².